The Hall–Kier alpha value is -1.42. The van der Waals surface area contributed by atoms with Gasteiger partial charge >= 0.3 is 19.0 Å². The molecule has 1 aliphatic heterocycles. The summed E-state index contributed by atoms with van der Waals surface area (Å²) in [4.78, 5) is 37.1. The highest BCUT2D eigenvalue weighted by atomic mass is 79.9. The van der Waals surface area contributed by atoms with Crippen molar-refractivity contribution in [3.8, 4) is 0 Å². The van der Waals surface area contributed by atoms with E-state index in [2.05, 4.69) is 21.2 Å². The van der Waals surface area contributed by atoms with E-state index in [0.29, 0.717) is 10.6 Å². The molecule has 0 aromatic heterocycles. The fourth-order valence-electron chi connectivity index (χ4n) is 2.59. The van der Waals surface area contributed by atoms with Crippen LogP contribution in [0, 0.1) is 5.92 Å². The van der Waals surface area contributed by atoms with Crippen molar-refractivity contribution < 1.29 is 28.9 Å². The minimum Gasteiger partial charge on any atom is -0.437 e. The molecule has 0 bridgehead atoms. The first-order valence-corrected chi connectivity index (χ1v) is 9.05. The van der Waals surface area contributed by atoms with Gasteiger partial charge in [-0.1, -0.05) is 33.6 Å². The molecule has 7 nitrogen and oxygen atoms in total. The first-order chi connectivity index (χ1) is 12.0. The molecule has 2 rings (SSSR count). The van der Waals surface area contributed by atoms with E-state index < -0.39 is 42.5 Å². The second kappa shape index (κ2) is 8.08. The number of Topliss-reactive ketones (excluding diaryl/α,β-unsaturated/α-hetero) is 1. The lowest BCUT2D eigenvalue weighted by molar-refractivity contribution is -0.238. The van der Waals surface area contributed by atoms with Crippen molar-refractivity contribution in [3.63, 3.8) is 0 Å². The lowest BCUT2D eigenvalue weighted by Crippen LogP contribution is -2.55. The number of hydrogen-bond donors (Lipinski definition) is 2. The van der Waals surface area contributed by atoms with E-state index in [1.165, 1.54) is 20.7 Å². The van der Waals surface area contributed by atoms with Crippen LogP contribution in [0.2, 0.25) is 11.8 Å². The Morgan fingerprint density at radius 1 is 1.38 bits per heavy atom. The summed E-state index contributed by atoms with van der Waals surface area (Å²) in [6, 6.07) is 4.07. The third-order valence-corrected chi connectivity index (χ3v) is 4.52. The lowest BCUT2D eigenvalue weighted by atomic mass is 9.83. The summed E-state index contributed by atoms with van der Waals surface area (Å²) in [6.07, 6.45) is 0.0658. The summed E-state index contributed by atoms with van der Waals surface area (Å²) in [5.41, 5.74) is 0.610. The molecule has 1 atom stereocenters. The Morgan fingerprint density at radius 3 is 2.46 bits per heavy atom. The summed E-state index contributed by atoms with van der Waals surface area (Å²) in [5.74, 6) is -5.84. The summed E-state index contributed by atoms with van der Waals surface area (Å²) in [7, 11) is -1.05. The van der Waals surface area contributed by atoms with E-state index >= 15 is 0 Å². The van der Waals surface area contributed by atoms with E-state index in [9.17, 15) is 19.4 Å². The number of carbonyl (C=O) groups is 3. The van der Waals surface area contributed by atoms with Crippen LogP contribution >= 0.6 is 27.5 Å². The zero-order valence-electron chi connectivity index (χ0n) is 14.4. The van der Waals surface area contributed by atoms with Crippen LogP contribution in [-0.2, 0) is 30.3 Å². The zero-order chi connectivity index (χ0) is 19.6. The third kappa shape index (κ3) is 5.06. The molecule has 26 heavy (non-hydrogen) atoms. The van der Waals surface area contributed by atoms with Gasteiger partial charge in [0.25, 0.3) is 5.79 Å². The Bertz CT molecular complexity index is 721. The molecule has 0 unspecified atom stereocenters. The maximum absolute atomic E-state index is 12.8. The summed E-state index contributed by atoms with van der Waals surface area (Å²) >= 11 is 9.47. The lowest BCUT2D eigenvalue weighted by Gasteiger charge is -2.33. The van der Waals surface area contributed by atoms with E-state index in [-0.39, 0.29) is 6.42 Å². The van der Waals surface area contributed by atoms with Crippen LogP contribution in [0.25, 0.3) is 0 Å². The summed E-state index contributed by atoms with van der Waals surface area (Å²) < 4.78 is 10.8. The number of halogens is 2. The Kier molecular flexibility index (Phi) is 6.49. The fraction of sp³-hybridized carbons (Fsp3) is 0.438. The first kappa shape index (κ1) is 20.9. The molecule has 1 aliphatic rings. The number of benzene rings is 1. The molecule has 2 N–H and O–H groups in total. The standard InChI is InChI=1S/C16H18BBrClNO6/c1-16(2)25-14(22)12(15(23)26-16)13(21)11(20-17(3)24)6-8-4-5-9(18)7-10(8)19/h4-5,7,11-12,20,24H,6H2,1-3H3/t11-/m1/s1. The Labute approximate surface area is 164 Å². The highest BCUT2D eigenvalue weighted by molar-refractivity contribution is 9.10. The van der Waals surface area contributed by atoms with Crippen molar-refractivity contribution in [1.29, 1.82) is 0 Å². The van der Waals surface area contributed by atoms with Gasteiger partial charge in [-0.15, -0.1) is 0 Å². The second-order valence-corrected chi connectivity index (χ2v) is 7.74. The van der Waals surface area contributed by atoms with Gasteiger partial charge in [0.15, 0.2) is 5.78 Å². The van der Waals surface area contributed by atoms with Crippen molar-refractivity contribution in [2.45, 2.75) is 38.9 Å². The highest BCUT2D eigenvalue weighted by Gasteiger charge is 2.49. The number of hydrogen-bond acceptors (Lipinski definition) is 7. The normalized spacial score (nSPS) is 18.1. The highest BCUT2D eigenvalue weighted by Crippen LogP contribution is 2.27. The number of cyclic esters (lactones) is 2. The number of ketones is 1. The Morgan fingerprint density at radius 2 is 1.96 bits per heavy atom. The van der Waals surface area contributed by atoms with Crippen molar-refractivity contribution in [2.75, 3.05) is 0 Å². The average molecular weight is 446 g/mol. The average Bonchev–Trinajstić information content (AvgIpc) is 2.46. The predicted octanol–water partition coefficient (Wildman–Crippen LogP) is 1.73. The number of esters is 2. The molecule has 0 aliphatic carbocycles. The molecule has 1 saturated heterocycles. The summed E-state index contributed by atoms with van der Waals surface area (Å²) in [6.45, 7) is 4.22. The van der Waals surface area contributed by atoms with Crippen LogP contribution in [0.4, 0.5) is 0 Å². The van der Waals surface area contributed by atoms with Crippen LogP contribution in [0.5, 0.6) is 0 Å². The minimum absolute atomic E-state index is 0.0658. The van der Waals surface area contributed by atoms with Crippen molar-refractivity contribution >= 4 is 52.3 Å². The van der Waals surface area contributed by atoms with Crippen LogP contribution in [0.1, 0.15) is 19.4 Å². The van der Waals surface area contributed by atoms with Crippen molar-refractivity contribution in [1.82, 2.24) is 5.23 Å². The minimum atomic E-state index is -1.71. The number of ether oxygens (including phenoxy) is 2. The molecule has 0 spiro atoms. The quantitative estimate of drug-likeness (QED) is 0.390. The van der Waals surface area contributed by atoms with Gasteiger partial charge in [0.1, 0.15) is 0 Å². The van der Waals surface area contributed by atoms with Crippen LogP contribution in [-0.4, -0.2) is 41.6 Å². The largest absolute Gasteiger partial charge is 0.437 e. The second-order valence-electron chi connectivity index (χ2n) is 6.41. The van der Waals surface area contributed by atoms with Gasteiger partial charge in [-0.25, -0.2) is 0 Å². The monoisotopic (exact) mass is 445 g/mol. The maximum Gasteiger partial charge on any atom is 0.374 e. The van der Waals surface area contributed by atoms with Gasteiger partial charge < -0.3 is 19.7 Å². The number of carbonyl (C=O) groups excluding carboxylic acids is 3. The molecular weight excluding hydrogens is 428 g/mol. The maximum atomic E-state index is 12.8. The van der Waals surface area contributed by atoms with Gasteiger partial charge in [0, 0.05) is 23.3 Å². The first-order valence-electron chi connectivity index (χ1n) is 7.87. The van der Waals surface area contributed by atoms with Gasteiger partial charge in [-0.05, 0) is 30.9 Å². The number of rotatable bonds is 6. The van der Waals surface area contributed by atoms with E-state index in [1.54, 1.807) is 18.2 Å². The van der Waals surface area contributed by atoms with Gasteiger partial charge in [-0.3, -0.25) is 14.4 Å². The zero-order valence-corrected chi connectivity index (χ0v) is 16.8. The van der Waals surface area contributed by atoms with Gasteiger partial charge in [0.2, 0.25) is 5.92 Å². The van der Waals surface area contributed by atoms with Crippen LogP contribution in [0.3, 0.4) is 0 Å². The smallest absolute Gasteiger partial charge is 0.374 e. The van der Waals surface area contributed by atoms with Gasteiger partial charge in [0.05, 0.1) is 6.04 Å². The molecule has 0 amide bonds. The fourth-order valence-corrected chi connectivity index (χ4v) is 3.34. The SMILES string of the molecule is CB(O)N[C@H](Cc1ccc(Br)cc1Cl)C(=O)C1C(=O)OC(C)(C)OC1=O. The molecule has 1 heterocycles. The van der Waals surface area contributed by atoms with Crippen molar-refractivity contribution in [2.24, 2.45) is 5.92 Å². The van der Waals surface area contributed by atoms with Crippen molar-refractivity contribution in [3.05, 3.63) is 33.3 Å². The predicted molar refractivity (Wildman–Crippen MR) is 98.4 cm³/mol. The number of nitrogens with one attached hydrogen (secondary N) is 1. The van der Waals surface area contributed by atoms with E-state index in [4.69, 9.17) is 21.1 Å². The molecule has 10 heteroatoms. The topological polar surface area (TPSA) is 102 Å². The molecule has 0 saturated carbocycles. The van der Waals surface area contributed by atoms with Crippen LogP contribution in [0.15, 0.2) is 22.7 Å². The van der Waals surface area contributed by atoms with Crippen LogP contribution < -0.4 is 5.23 Å². The molecule has 1 aromatic rings. The van der Waals surface area contributed by atoms with E-state index in [1.807, 2.05) is 0 Å². The molecule has 1 aromatic carbocycles. The summed E-state index contributed by atoms with van der Waals surface area (Å²) in [5, 5.41) is 12.7. The molecular formula is C16H18BBrClNO6. The molecule has 1 fully saturated rings. The van der Waals surface area contributed by atoms with Gasteiger partial charge in [-0.2, -0.15) is 0 Å². The van der Waals surface area contributed by atoms with E-state index in [0.717, 1.165) is 4.47 Å². The molecule has 140 valence electrons. The Balaban J connectivity index is 2.27. The molecule has 0 radical (unpaired) electrons. The third-order valence-electron chi connectivity index (χ3n) is 3.67.